The molecular formula is C40H51NO4. The van der Waals surface area contributed by atoms with Gasteiger partial charge in [0.1, 0.15) is 0 Å². The van der Waals surface area contributed by atoms with E-state index in [0.29, 0.717) is 13.2 Å². The fourth-order valence-corrected chi connectivity index (χ4v) is 4.57. The predicted octanol–water partition coefficient (Wildman–Crippen LogP) is 9.93. The average Bonchev–Trinajstić information content (AvgIpc) is 2.98. The molecule has 0 radical (unpaired) electrons. The maximum absolute atomic E-state index is 12.0. The van der Waals surface area contributed by atoms with Gasteiger partial charge in [0.2, 0.25) is 0 Å². The van der Waals surface area contributed by atoms with Crippen molar-refractivity contribution in [2.45, 2.75) is 81.1 Å². The van der Waals surface area contributed by atoms with Crippen LogP contribution in [0.5, 0.6) is 0 Å². The predicted molar refractivity (Wildman–Crippen MR) is 186 cm³/mol. The maximum Gasteiger partial charge on any atom is 0.330 e. The number of rotatable bonds is 13. The highest BCUT2D eigenvalue weighted by molar-refractivity contribution is 5.82. The van der Waals surface area contributed by atoms with Crippen LogP contribution in [0, 0.1) is 24.7 Å². The van der Waals surface area contributed by atoms with Crippen LogP contribution in [-0.2, 0) is 31.9 Å². The van der Waals surface area contributed by atoms with Crippen LogP contribution in [0.2, 0.25) is 0 Å². The van der Waals surface area contributed by atoms with Gasteiger partial charge in [-0.05, 0) is 109 Å². The van der Waals surface area contributed by atoms with Crippen LogP contribution in [0.4, 0.5) is 17.1 Å². The van der Waals surface area contributed by atoms with Gasteiger partial charge in [-0.1, -0.05) is 84.0 Å². The van der Waals surface area contributed by atoms with Gasteiger partial charge in [0.15, 0.2) is 0 Å². The number of carbonyl (C=O) groups excluding carboxylic acids is 2. The first-order chi connectivity index (χ1) is 21.2. The Morgan fingerprint density at radius 2 is 1.00 bits per heavy atom. The fourth-order valence-electron chi connectivity index (χ4n) is 4.57. The summed E-state index contributed by atoms with van der Waals surface area (Å²) < 4.78 is 10.7. The van der Waals surface area contributed by atoms with Crippen LogP contribution < -0.4 is 4.90 Å². The highest BCUT2D eigenvalue weighted by atomic mass is 16.5. The highest BCUT2D eigenvalue weighted by Crippen LogP contribution is 2.35. The monoisotopic (exact) mass is 609 g/mol. The van der Waals surface area contributed by atoms with Crippen molar-refractivity contribution in [1.82, 2.24) is 0 Å². The molecule has 3 aromatic carbocycles. The molecule has 0 aliphatic rings. The third-order valence-electron chi connectivity index (χ3n) is 7.28. The summed E-state index contributed by atoms with van der Waals surface area (Å²) >= 11 is 0. The van der Waals surface area contributed by atoms with E-state index in [0.717, 1.165) is 42.7 Å². The van der Waals surface area contributed by atoms with E-state index in [1.807, 2.05) is 53.7 Å². The smallest absolute Gasteiger partial charge is 0.330 e. The molecule has 0 aromatic heterocycles. The molecule has 0 bridgehead atoms. The van der Waals surface area contributed by atoms with Crippen molar-refractivity contribution < 1.29 is 19.1 Å². The summed E-state index contributed by atoms with van der Waals surface area (Å²) in [4.78, 5) is 26.2. The van der Waals surface area contributed by atoms with Crippen molar-refractivity contribution >= 4 is 29.0 Å². The molecule has 45 heavy (non-hydrogen) atoms. The molecule has 0 heterocycles. The topological polar surface area (TPSA) is 55.8 Å². The molecule has 0 unspecified atom stereocenters. The minimum absolute atomic E-state index is 0.0460. The Bertz CT molecular complexity index is 1360. The zero-order valence-corrected chi connectivity index (χ0v) is 28.5. The lowest BCUT2D eigenvalue weighted by atomic mass is 9.96. The number of aryl methyl sites for hydroxylation is 4. The summed E-state index contributed by atoms with van der Waals surface area (Å²) in [6, 6.07) is 23.8. The summed E-state index contributed by atoms with van der Waals surface area (Å²) in [6.45, 7) is 17.4. The van der Waals surface area contributed by atoms with Crippen molar-refractivity contribution in [2.24, 2.45) is 10.8 Å². The Kier molecular flexibility index (Phi) is 12.8. The van der Waals surface area contributed by atoms with E-state index in [2.05, 4.69) is 85.5 Å². The van der Waals surface area contributed by atoms with Gasteiger partial charge in [0.05, 0.1) is 13.2 Å². The number of benzene rings is 3. The molecule has 5 nitrogen and oxygen atoms in total. The van der Waals surface area contributed by atoms with E-state index in [4.69, 9.17) is 9.47 Å². The maximum atomic E-state index is 12.0. The zero-order valence-electron chi connectivity index (χ0n) is 28.5. The molecule has 5 heteroatoms. The lowest BCUT2D eigenvalue weighted by molar-refractivity contribution is -0.138. The van der Waals surface area contributed by atoms with E-state index in [-0.39, 0.29) is 22.8 Å². The Balaban J connectivity index is 1.64. The first-order valence-corrected chi connectivity index (χ1v) is 16.0. The molecule has 0 aliphatic heterocycles. The van der Waals surface area contributed by atoms with Crippen LogP contribution in [0.15, 0.2) is 91.0 Å². The lowest BCUT2D eigenvalue weighted by Crippen LogP contribution is -2.11. The van der Waals surface area contributed by atoms with Gasteiger partial charge < -0.3 is 14.4 Å². The molecule has 240 valence electrons. The van der Waals surface area contributed by atoms with Gasteiger partial charge in [-0.3, -0.25) is 0 Å². The van der Waals surface area contributed by atoms with Crippen molar-refractivity contribution in [3.8, 4) is 0 Å². The number of allylic oxidation sites excluding steroid dienone is 2. The minimum Gasteiger partial charge on any atom is -0.463 e. The molecule has 3 aromatic rings. The number of esters is 2. The number of ether oxygens (including phenoxy) is 2. The van der Waals surface area contributed by atoms with Crippen LogP contribution in [0.1, 0.15) is 76.6 Å². The van der Waals surface area contributed by atoms with Crippen molar-refractivity contribution in [2.75, 3.05) is 18.1 Å². The van der Waals surface area contributed by atoms with Gasteiger partial charge in [0, 0.05) is 29.2 Å². The van der Waals surface area contributed by atoms with E-state index >= 15 is 0 Å². The molecule has 0 amide bonds. The number of hydrogen-bond donors (Lipinski definition) is 0. The molecule has 0 aliphatic carbocycles. The number of hydrogen-bond acceptors (Lipinski definition) is 5. The van der Waals surface area contributed by atoms with E-state index in [1.54, 1.807) is 0 Å². The molecule has 0 N–H and O–H groups in total. The van der Waals surface area contributed by atoms with Gasteiger partial charge in [-0.15, -0.1) is 0 Å². The third-order valence-corrected chi connectivity index (χ3v) is 7.28. The second kappa shape index (κ2) is 16.3. The molecule has 0 fully saturated rings. The van der Waals surface area contributed by atoms with Gasteiger partial charge in [-0.2, -0.15) is 0 Å². The van der Waals surface area contributed by atoms with Gasteiger partial charge >= 0.3 is 11.9 Å². The number of anilines is 3. The van der Waals surface area contributed by atoms with Crippen LogP contribution in [-0.4, -0.2) is 25.2 Å². The van der Waals surface area contributed by atoms with Crippen LogP contribution in [0.3, 0.4) is 0 Å². The molecule has 0 atom stereocenters. The Labute approximate surface area is 271 Å². The average molecular weight is 610 g/mol. The molecule has 0 saturated heterocycles. The zero-order chi connectivity index (χ0) is 33.0. The second-order valence-electron chi connectivity index (χ2n) is 13.9. The second-order valence-corrected chi connectivity index (χ2v) is 13.9. The summed E-state index contributed by atoms with van der Waals surface area (Å²) in [5, 5.41) is 0. The fraction of sp³-hybridized carbons (Fsp3) is 0.400. The Morgan fingerprint density at radius 3 is 1.38 bits per heavy atom. The van der Waals surface area contributed by atoms with E-state index < -0.39 is 0 Å². The quantitative estimate of drug-likeness (QED) is 0.110. The molecular weight excluding hydrogens is 558 g/mol. The highest BCUT2D eigenvalue weighted by Gasteiger charge is 2.14. The lowest BCUT2D eigenvalue weighted by Gasteiger charge is -2.26. The summed E-state index contributed by atoms with van der Waals surface area (Å²) in [6.07, 6.45) is 9.98. The summed E-state index contributed by atoms with van der Waals surface area (Å²) in [5.41, 5.74) is 8.05. The summed E-state index contributed by atoms with van der Waals surface area (Å²) in [7, 11) is 0. The Morgan fingerprint density at radius 1 is 0.600 bits per heavy atom. The third kappa shape index (κ3) is 12.8. The van der Waals surface area contributed by atoms with E-state index in [1.165, 1.54) is 34.4 Å². The molecule has 3 rings (SSSR count). The van der Waals surface area contributed by atoms with E-state index in [9.17, 15) is 9.59 Å². The first-order valence-electron chi connectivity index (χ1n) is 16.0. The normalized spacial score (nSPS) is 12.1. The largest absolute Gasteiger partial charge is 0.463 e. The van der Waals surface area contributed by atoms with Crippen LogP contribution >= 0.6 is 0 Å². The van der Waals surface area contributed by atoms with Gasteiger partial charge in [0.25, 0.3) is 0 Å². The van der Waals surface area contributed by atoms with Gasteiger partial charge in [-0.25, -0.2) is 9.59 Å². The molecule has 0 saturated carbocycles. The number of nitrogens with zero attached hydrogens (tertiary/aromatic N) is 1. The first kappa shape index (κ1) is 35.4. The van der Waals surface area contributed by atoms with Crippen molar-refractivity contribution in [3.05, 3.63) is 113 Å². The Hall–Kier alpha value is -4.12. The van der Waals surface area contributed by atoms with Crippen molar-refractivity contribution in [3.63, 3.8) is 0 Å². The number of carbonyl (C=O) groups is 2. The van der Waals surface area contributed by atoms with Crippen LogP contribution in [0.25, 0.3) is 0 Å². The SMILES string of the molecule is Cc1ccc(N(c2ccc(CCCOC(=O)C=CC(C)(C)C)cc2)c2ccc(CCCOC(=O)C=CC(C)(C)C)cc2)cc1C. The summed E-state index contributed by atoms with van der Waals surface area (Å²) in [5.74, 6) is -0.578. The molecule has 0 spiro atoms. The van der Waals surface area contributed by atoms with Crippen molar-refractivity contribution in [1.29, 1.82) is 0 Å². The standard InChI is InChI=1S/C40H51NO4/c1-30-13-18-36(29-31(30)2)41(34-19-14-32(15-20-34)11-9-27-44-37(42)23-25-39(3,4)5)35-21-16-33(17-22-35)12-10-28-45-38(43)24-26-40(6,7)8/h13-26,29H,9-12,27-28H2,1-8H3. The minimum atomic E-state index is -0.289.